The number of pyridine rings is 1. The fourth-order valence-electron chi connectivity index (χ4n) is 3.07. The lowest BCUT2D eigenvalue weighted by Crippen LogP contribution is -2.21. The van der Waals surface area contributed by atoms with E-state index < -0.39 is 22.8 Å². The van der Waals surface area contributed by atoms with Gasteiger partial charge in [0.15, 0.2) is 5.56 Å². The molecule has 3 aromatic rings. The lowest BCUT2D eigenvalue weighted by molar-refractivity contribution is 0.0467. The summed E-state index contributed by atoms with van der Waals surface area (Å²) in [6.07, 6.45) is 3.37. The number of allylic oxidation sites excluding steroid dienone is 1. The molecule has 0 aliphatic rings. The molecule has 154 valence electrons. The summed E-state index contributed by atoms with van der Waals surface area (Å²) in [5.74, 6) is -1.28. The van der Waals surface area contributed by atoms with Gasteiger partial charge in [0.25, 0.3) is 5.56 Å². The molecule has 0 spiro atoms. The molecule has 0 fully saturated rings. The molecule has 30 heavy (non-hydrogen) atoms. The summed E-state index contributed by atoms with van der Waals surface area (Å²) in [6.45, 7) is 1.79. The topological polar surface area (TPSA) is 82.6 Å². The molecular formula is C24H24N2O4. The van der Waals surface area contributed by atoms with Crippen molar-refractivity contribution in [1.29, 1.82) is 0 Å². The largest absolute Gasteiger partial charge is 0.506 e. The molecule has 6 nitrogen and oxygen atoms in total. The van der Waals surface area contributed by atoms with Gasteiger partial charge in [-0.3, -0.25) is 4.79 Å². The highest BCUT2D eigenvalue weighted by atomic mass is 16.5. The molecule has 0 aliphatic carbocycles. The highest BCUT2D eigenvalue weighted by Crippen LogP contribution is 2.31. The second-order valence-electron chi connectivity index (χ2n) is 6.97. The van der Waals surface area contributed by atoms with Crippen LogP contribution in [0.15, 0.2) is 65.5 Å². The van der Waals surface area contributed by atoms with Crippen molar-refractivity contribution < 1.29 is 14.6 Å². The summed E-state index contributed by atoms with van der Waals surface area (Å²) < 4.78 is 5.25. The summed E-state index contributed by atoms with van der Waals surface area (Å²) >= 11 is 0. The maximum Gasteiger partial charge on any atom is 0.347 e. The molecule has 3 rings (SSSR count). The van der Waals surface area contributed by atoms with Crippen LogP contribution in [0.25, 0.3) is 17.3 Å². The monoisotopic (exact) mass is 404 g/mol. The van der Waals surface area contributed by atoms with E-state index >= 15 is 0 Å². The number of aromatic nitrogens is 1. The van der Waals surface area contributed by atoms with Crippen LogP contribution in [0.4, 0.5) is 5.69 Å². The second kappa shape index (κ2) is 9.13. The Bertz CT molecular complexity index is 1110. The van der Waals surface area contributed by atoms with Gasteiger partial charge >= 0.3 is 5.97 Å². The van der Waals surface area contributed by atoms with Gasteiger partial charge in [-0.05, 0) is 30.2 Å². The highest BCUT2D eigenvalue weighted by molar-refractivity contribution is 5.95. The van der Waals surface area contributed by atoms with E-state index in [0.29, 0.717) is 16.8 Å². The molecule has 0 bridgehead atoms. The number of rotatable bonds is 6. The fourth-order valence-corrected chi connectivity index (χ4v) is 3.07. The quantitative estimate of drug-likeness (QED) is 0.602. The Morgan fingerprint density at radius 1 is 1.10 bits per heavy atom. The van der Waals surface area contributed by atoms with Crippen LogP contribution in [0, 0.1) is 0 Å². The van der Waals surface area contributed by atoms with Crippen LogP contribution in [0.1, 0.15) is 28.4 Å². The van der Waals surface area contributed by atoms with Crippen LogP contribution < -0.4 is 10.5 Å². The molecule has 1 aromatic heterocycles. The fraction of sp³-hybridized carbons (Fsp3) is 0.167. The molecule has 0 atom stereocenters. The number of hydrogen-bond donors (Lipinski definition) is 2. The van der Waals surface area contributed by atoms with Crippen molar-refractivity contribution in [3.8, 4) is 17.0 Å². The summed E-state index contributed by atoms with van der Waals surface area (Å²) in [5.41, 5.74) is 2.16. The van der Waals surface area contributed by atoms with Crippen molar-refractivity contribution in [2.24, 2.45) is 0 Å². The Labute approximate surface area is 175 Å². The molecule has 6 heteroatoms. The standard InChI is InChI=1S/C24H24N2O4/c1-4-8-19-21(17-11-13-18(14-12-17)26(2)3)25-23(28)20(22(19)27)24(29)30-15-16-9-6-5-7-10-16/h4-14H,15H2,1-3H3,(H2,25,27,28)/b8-4+. The molecule has 2 N–H and O–H groups in total. The number of H-pyrrole nitrogens is 1. The highest BCUT2D eigenvalue weighted by Gasteiger charge is 2.23. The number of aromatic hydroxyl groups is 1. The first kappa shape index (κ1) is 20.9. The van der Waals surface area contributed by atoms with Gasteiger partial charge in [-0.1, -0.05) is 54.6 Å². The predicted octanol–water partition coefficient (Wildman–Crippen LogP) is 4.20. The van der Waals surface area contributed by atoms with Gasteiger partial charge in [-0.15, -0.1) is 0 Å². The van der Waals surface area contributed by atoms with Crippen LogP contribution in [-0.4, -0.2) is 30.2 Å². The average molecular weight is 404 g/mol. The number of nitrogens with zero attached hydrogens (tertiary/aromatic N) is 1. The van der Waals surface area contributed by atoms with Gasteiger partial charge in [0.2, 0.25) is 0 Å². The van der Waals surface area contributed by atoms with Crippen LogP contribution >= 0.6 is 0 Å². The Morgan fingerprint density at radius 3 is 2.37 bits per heavy atom. The van der Waals surface area contributed by atoms with Crippen molar-refractivity contribution in [3.05, 3.63) is 87.7 Å². The van der Waals surface area contributed by atoms with E-state index in [0.717, 1.165) is 11.3 Å². The zero-order chi connectivity index (χ0) is 21.7. The van der Waals surface area contributed by atoms with Crippen LogP contribution in [-0.2, 0) is 11.3 Å². The first-order valence-corrected chi connectivity index (χ1v) is 9.53. The molecule has 0 saturated carbocycles. The minimum absolute atomic E-state index is 0.00521. The Morgan fingerprint density at radius 2 is 1.77 bits per heavy atom. The lowest BCUT2D eigenvalue weighted by Gasteiger charge is -2.15. The van der Waals surface area contributed by atoms with Gasteiger partial charge < -0.3 is 19.7 Å². The SMILES string of the molecule is C/C=C/c1c(-c2ccc(N(C)C)cc2)[nH]c(=O)c(C(=O)OCc2ccccc2)c1O. The van der Waals surface area contributed by atoms with Crippen molar-refractivity contribution in [1.82, 2.24) is 4.98 Å². The third-order valence-electron chi connectivity index (χ3n) is 4.65. The Hall–Kier alpha value is -3.80. The summed E-state index contributed by atoms with van der Waals surface area (Å²) in [7, 11) is 3.87. The third kappa shape index (κ3) is 4.43. The average Bonchev–Trinajstić information content (AvgIpc) is 2.75. The lowest BCUT2D eigenvalue weighted by atomic mass is 10.0. The number of carbonyl (C=O) groups is 1. The van der Waals surface area contributed by atoms with Crippen molar-refractivity contribution in [2.75, 3.05) is 19.0 Å². The first-order chi connectivity index (χ1) is 14.4. The van der Waals surface area contributed by atoms with Gasteiger partial charge in [-0.2, -0.15) is 0 Å². The molecule has 0 saturated heterocycles. The maximum atomic E-state index is 12.7. The summed E-state index contributed by atoms with van der Waals surface area (Å²) in [6, 6.07) is 16.6. The van der Waals surface area contributed by atoms with E-state index in [1.165, 1.54) is 0 Å². The molecule has 2 aromatic carbocycles. The van der Waals surface area contributed by atoms with Gasteiger partial charge in [0, 0.05) is 25.3 Å². The molecule has 0 radical (unpaired) electrons. The number of benzene rings is 2. The van der Waals surface area contributed by atoms with Crippen molar-refractivity contribution in [3.63, 3.8) is 0 Å². The number of carbonyl (C=O) groups excluding carboxylic acids is 1. The smallest absolute Gasteiger partial charge is 0.347 e. The minimum Gasteiger partial charge on any atom is -0.506 e. The number of nitrogens with one attached hydrogen (secondary N) is 1. The van der Waals surface area contributed by atoms with Crippen LogP contribution in [0.3, 0.4) is 0 Å². The zero-order valence-electron chi connectivity index (χ0n) is 17.2. The molecule has 0 amide bonds. The number of aromatic amines is 1. The van der Waals surface area contributed by atoms with Gasteiger partial charge in [-0.25, -0.2) is 4.79 Å². The van der Waals surface area contributed by atoms with Crippen molar-refractivity contribution in [2.45, 2.75) is 13.5 Å². The van der Waals surface area contributed by atoms with Crippen molar-refractivity contribution >= 4 is 17.7 Å². The normalized spacial score (nSPS) is 10.9. The molecule has 0 unspecified atom stereocenters. The van der Waals surface area contributed by atoms with E-state index in [-0.39, 0.29) is 6.61 Å². The second-order valence-corrected chi connectivity index (χ2v) is 6.97. The van der Waals surface area contributed by atoms with Gasteiger partial charge in [0.1, 0.15) is 12.4 Å². The van der Waals surface area contributed by atoms with E-state index in [4.69, 9.17) is 4.74 Å². The zero-order valence-corrected chi connectivity index (χ0v) is 17.2. The molecular weight excluding hydrogens is 380 g/mol. The van der Waals surface area contributed by atoms with E-state index in [9.17, 15) is 14.7 Å². The van der Waals surface area contributed by atoms with Gasteiger partial charge in [0.05, 0.1) is 5.69 Å². The van der Waals surface area contributed by atoms with Crippen LogP contribution in [0.5, 0.6) is 5.75 Å². The summed E-state index contributed by atoms with van der Waals surface area (Å²) in [4.78, 5) is 29.9. The minimum atomic E-state index is -0.877. The van der Waals surface area contributed by atoms with E-state index in [2.05, 4.69) is 4.98 Å². The maximum absolute atomic E-state index is 12.7. The van der Waals surface area contributed by atoms with E-state index in [1.54, 1.807) is 19.1 Å². The molecule has 1 heterocycles. The Kier molecular flexibility index (Phi) is 6.37. The summed E-state index contributed by atoms with van der Waals surface area (Å²) in [5, 5.41) is 10.8. The Balaban J connectivity index is 1.99. The number of hydrogen-bond acceptors (Lipinski definition) is 5. The number of esters is 1. The van der Waals surface area contributed by atoms with Crippen LogP contribution in [0.2, 0.25) is 0 Å². The van der Waals surface area contributed by atoms with E-state index in [1.807, 2.05) is 73.6 Å². The third-order valence-corrected chi connectivity index (χ3v) is 4.65. The first-order valence-electron chi connectivity index (χ1n) is 9.53. The molecule has 0 aliphatic heterocycles. The number of anilines is 1. The predicted molar refractivity (Wildman–Crippen MR) is 119 cm³/mol. The number of ether oxygens (including phenoxy) is 1.